The maximum Gasteiger partial charge on any atom is 0.325 e. The van der Waals surface area contributed by atoms with E-state index in [9.17, 15) is 19.2 Å². The Morgan fingerprint density at radius 1 is 1.00 bits per heavy atom. The Kier molecular flexibility index (Phi) is 16.4. The van der Waals surface area contributed by atoms with Crippen LogP contribution in [0.1, 0.15) is 20.3 Å². The molecule has 0 aromatic heterocycles. The third kappa shape index (κ3) is 13.8. The molecule has 1 unspecified atom stereocenters. The largest absolute Gasteiger partial charge is 0.468 e. The molecule has 9 nitrogen and oxygen atoms in total. The summed E-state index contributed by atoms with van der Waals surface area (Å²) in [7, 11) is 1.20. The molecule has 1 atom stereocenters. The lowest BCUT2D eigenvalue weighted by Gasteiger charge is -2.11. The number of rotatable bonds is 10. The van der Waals surface area contributed by atoms with Gasteiger partial charge in [0.05, 0.1) is 26.2 Å². The van der Waals surface area contributed by atoms with Crippen molar-refractivity contribution in [3.63, 3.8) is 0 Å². The van der Waals surface area contributed by atoms with Crippen LogP contribution >= 0.6 is 11.8 Å². The zero-order valence-corrected chi connectivity index (χ0v) is 15.5. The molecule has 0 rings (SSSR count). The van der Waals surface area contributed by atoms with E-state index in [4.69, 9.17) is 5.73 Å². The minimum Gasteiger partial charge on any atom is -0.468 e. The number of carbonyl (C=O) groups is 4. The molecule has 0 heterocycles. The zero-order valence-electron chi connectivity index (χ0n) is 14.6. The maximum atomic E-state index is 11.5. The van der Waals surface area contributed by atoms with Crippen molar-refractivity contribution in [2.75, 3.05) is 38.8 Å². The van der Waals surface area contributed by atoms with E-state index in [0.717, 1.165) is 5.75 Å². The van der Waals surface area contributed by atoms with Crippen LogP contribution in [0.5, 0.6) is 0 Å². The number of nitrogens with one attached hydrogen (secondary N) is 3. The molecule has 0 saturated heterocycles. The number of methoxy groups -OCH3 is 1. The molecule has 0 aliphatic rings. The smallest absolute Gasteiger partial charge is 0.325 e. The molecule has 0 aliphatic carbocycles. The van der Waals surface area contributed by atoms with Crippen LogP contribution in [0, 0.1) is 0 Å². The van der Waals surface area contributed by atoms with E-state index in [1.807, 2.05) is 20.1 Å². The second-order valence-electron chi connectivity index (χ2n) is 4.24. The van der Waals surface area contributed by atoms with Crippen LogP contribution in [-0.2, 0) is 23.9 Å². The Morgan fingerprint density at radius 3 is 2.00 bits per heavy atom. The Hall–Kier alpha value is -1.81. The molecule has 24 heavy (non-hydrogen) atoms. The van der Waals surface area contributed by atoms with Crippen molar-refractivity contribution in [1.29, 1.82) is 0 Å². The van der Waals surface area contributed by atoms with Crippen molar-refractivity contribution in [3.05, 3.63) is 0 Å². The molecule has 3 amide bonds. The van der Waals surface area contributed by atoms with E-state index in [1.54, 1.807) is 11.8 Å². The average Bonchev–Trinajstić information content (AvgIpc) is 2.61. The molecule has 5 N–H and O–H groups in total. The van der Waals surface area contributed by atoms with Crippen molar-refractivity contribution >= 4 is 35.5 Å². The van der Waals surface area contributed by atoms with E-state index in [0.29, 0.717) is 6.42 Å². The summed E-state index contributed by atoms with van der Waals surface area (Å²) in [4.78, 5) is 45.1. The summed E-state index contributed by atoms with van der Waals surface area (Å²) in [6.07, 6.45) is 2.42. The first-order valence-electron chi connectivity index (χ1n) is 7.53. The first-order valence-corrected chi connectivity index (χ1v) is 8.92. The molecule has 0 spiro atoms. The van der Waals surface area contributed by atoms with Crippen LogP contribution in [0.25, 0.3) is 0 Å². The fraction of sp³-hybridized carbons (Fsp3) is 0.714. The number of amides is 3. The molecule has 0 aromatic carbocycles. The van der Waals surface area contributed by atoms with Crippen molar-refractivity contribution in [1.82, 2.24) is 16.0 Å². The van der Waals surface area contributed by atoms with Gasteiger partial charge in [-0.25, -0.2) is 0 Å². The van der Waals surface area contributed by atoms with Gasteiger partial charge in [-0.05, 0) is 18.4 Å². The first-order chi connectivity index (χ1) is 11.4. The fourth-order valence-electron chi connectivity index (χ4n) is 1.22. The summed E-state index contributed by atoms with van der Waals surface area (Å²) in [5.74, 6) is -1.33. The van der Waals surface area contributed by atoms with Gasteiger partial charge in [-0.1, -0.05) is 13.8 Å². The Labute approximate surface area is 146 Å². The number of nitrogens with two attached hydrogens (primary N) is 1. The minimum absolute atomic E-state index is 0.268. The van der Waals surface area contributed by atoms with Gasteiger partial charge in [0.2, 0.25) is 17.7 Å². The molecular weight excluding hydrogens is 336 g/mol. The van der Waals surface area contributed by atoms with E-state index >= 15 is 0 Å². The normalized spacial score (nSPS) is 10.5. The predicted molar refractivity (Wildman–Crippen MR) is 93.4 cm³/mol. The summed E-state index contributed by atoms with van der Waals surface area (Å²) in [5.41, 5.74) is 5.63. The van der Waals surface area contributed by atoms with Gasteiger partial charge in [0.25, 0.3) is 0 Å². The highest BCUT2D eigenvalue weighted by atomic mass is 32.2. The summed E-state index contributed by atoms with van der Waals surface area (Å²) < 4.78 is 4.34. The Bertz CT molecular complexity index is 407. The van der Waals surface area contributed by atoms with Crippen molar-refractivity contribution in [2.45, 2.75) is 26.3 Å². The van der Waals surface area contributed by atoms with E-state index in [2.05, 4.69) is 20.7 Å². The number of hydrogen-bond donors (Lipinski definition) is 4. The first kappa shape index (κ1) is 24.4. The van der Waals surface area contributed by atoms with Crippen molar-refractivity contribution < 1.29 is 23.9 Å². The highest BCUT2D eigenvalue weighted by Crippen LogP contribution is 1.98. The standard InChI is InChI=1S/C12H22N4O5S.C2H6/c1-21-11(19)7-15-9(17)5-14-10(18)6-16-12(20)8(13)3-4-22-2;1-2/h8H,3-7,13H2,1-2H3,(H,14,18)(H,15,17)(H,16,20);1-2H3. The molecule has 0 fully saturated rings. The van der Waals surface area contributed by atoms with E-state index < -0.39 is 29.7 Å². The molecule has 140 valence electrons. The number of carbonyl (C=O) groups excluding carboxylic acids is 4. The lowest BCUT2D eigenvalue weighted by atomic mass is 10.2. The molecule has 0 radical (unpaired) electrons. The molecule has 0 aromatic rings. The summed E-state index contributed by atoms with van der Waals surface area (Å²) in [5, 5.41) is 6.94. The molecule has 0 aliphatic heterocycles. The van der Waals surface area contributed by atoms with Crippen LogP contribution in [-0.4, -0.2) is 68.5 Å². The lowest BCUT2D eigenvalue weighted by molar-refractivity contribution is -0.141. The van der Waals surface area contributed by atoms with Gasteiger partial charge >= 0.3 is 5.97 Å². The van der Waals surface area contributed by atoms with Gasteiger partial charge in [0, 0.05) is 0 Å². The van der Waals surface area contributed by atoms with Gasteiger partial charge in [-0.2, -0.15) is 11.8 Å². The summed E-state index contributed by atoms with van der Waals surface area (Å²) in [6, 6.07) is -0.663. The van der Waals surface area contributed by atoms with Gasteiger partial charge < -0.3 is 26.4 Å². The Morgan fingerprint density at radius 2 is 1.50 bits per heavy atom. The third-order valence-corrected chi connectivity index (χ3v) is 3.14. The molecule has 0 saturated carbocycles. The van der Waals surface area contributed by atoms with Crippen LogP contribution in [0.15, 0.2) is 0 Å². The van der Waals surface area contributed by atoms with Crippen LogP contribution in [0.3, 0.4) is 0 Å². The molecule has 10 heteroatoms. The second kappa shape index (κ2) is 16.1. The third-order valence-electron chi connectivity index (χ3n) is 2.50. The fourth-order valence-corrected chi connectivity index (χ4v) is 1.71. The number of esters is 1. The summed E-state index contributed by atoms with van der Waals surface area (Å²) in [6.45, 7) is 3.16. The number of ether oxygens (including phenoxy) is 1. The molecular formula is C14H28N4O5S. The zero-order chi connectivity index (χ0) is 19.0. The highest BCUT2D eigenvalue weighted by molar-refractivity contribution is 7.98. The van der Waals surface area contributed by atoms with Gasteiger partial charge in [0.1, 0.15) is 6.54 Å². The second-order valence-corrected chi connectivity index (χ2v) is 5.22. The van der Waals surface area contributed by atoms with Crippen LogP contribution in [0.2, 0.25) is 0 Å². The highest BCUT2D eigenvalue weighted by Gasteiger charge is 2.14. The minimum atomic E-state index is -0.663. The predicted octanol–water partition coefficient (Wildman–Crippen LogP) is -1.39. The lowest BCUT2D eigenvalue weighted by Crippen LogP contribution is -2.46. The quantitative estimate of drug-likeness (QED) is 0.350. The van der Waals surface area contributed by atoms with Crippen molar-refractivity contribution in [2.24, 2.45) is 5.73 Å². The average molecular weight is 364 g/mol. The van der Waals surface area contributed by atoms with Crippen LogP contribution < -0.4 is 21.7 Å². The van der Waals surface area contributed by atoms with Gasteiger partial charge in [-0.3, -0.25) is 19.2 Å². The SMILES string of the molecule is CC.COC(=O)CNC(=O)CNC(=O)CNC(=O)C(N)CCSC. The Balaban J connectivity index is 0. The van der Waals surface area contributed by atoms with E-state index in [1.165, 1.54) is 7.11 Å². The van der Waals surface area contributed by atoms with E-state index in [-0.39, 0.29) is 19.6 Å². The van der Waals surface area contributed by atoms with Gasteiger partial charge in [-0.15, -0.1) is 0 Å². The molecule has 0 bridgehead atoms. The monoisotopic (exact) mass is 364 g/mol. The maximum absolute atomic E-state index is 11.5. The number of hydrogen-bond acceptors (Lipinski definition) is 7. The number of thioether (sulfide) groups is 1. The topological polar surface area (TPSA) is 140 Å². The summed E-state index contributed by atoms with van der Waals surface area (Å²) >= 11 is 1.57. The van der Waals surface area contributed by atoms with Gasteiger partial charge in [0.15, 0.2) is 0 Å². The van der Waals surface area contributed by atoms with Crippen LogP contribution in [0.4, 0.5) is 0 Å². The van der Waals surface area contributed by atoms with Crippen molar-refractivity contribution in [3.8, 4) is 0 Å².